The van der Waals surface area contributed by atoms with Gasteiger partial charge in [-0.25, -0.2) is 13.1 Å². The van der Waals surface area contributed by atoms with Crippen LogP contribution in [0.3, 0.4) is 0 Å². The third-order valence-corrected chi connectivity index (χ3v) is 5.95. The van der Waals surface area contributed by atoms with Crippen molar-refractivity contribution < 1.29 is 52.7 Å². The third-order valence-electron chi connectivity index (χ3n) is 3.65. The van der Waals surface area contributed by atoms with E-state index in [1.54, 1.807) is 0 Å². The van der Waals surface area contributed by atoms with Crippen molar-refractivity contribution in [1.29, 1.82) is 0 Å². The Morgan fingerprint density at radius 1 is 1.50 bits per heavy atom. The van der Waals surface area contributed by atoms with Crippen molar-refractivity contribution in [2.45, 2.75) is 31.3 Å². The number of carboxylic acids is 1. The molecule has 0 aromatic carbocycles. The Labute approximate surface area is 148 Å². The summed E-state index contributed by atoms with van der Waals surface area (Å²) in [5.74, 6) is -2.09. The molecule has 0 spiro atoms. The largest absolute Gasteiger partial charge is 1.00 e. The number of nitrogens with zero attached hydrogens (tertiary/aromatic N) is 4. The van der Waals surface area contributed by atoms with Crippen molar-refractivity contribution in [2.24, 2.45) is 0 Å². The molecule has 0 N–H and O–H groups in total. The molecule has 3 rings (SSSR count). The molecular weight excluding hydrogens is 323 g/mol. The number of β-lactam (4-membered cyclic amide) rings is 1. The first-order valence-electron chi connectivity index (χ1n) is 6.13. The first-order chi connectivity index (χ1) is 9.84. The van der Waals surface area contributed by atoms with E-state index >= 15 is 0 Å². The maximum absolute atomic E-state index is 12.4. The van der Waals surface area contributed by atoms with Gasteiger partial charge in [0.05, 0.1) is 30.0 Å². The predicted molar refractivity (Wildman–Crippen MR) is 65.7 cm³/mol. The number of hydrogen-bond donors (Lipinski definition) is 0. The summed E-state index contributed by atoms with van der Waals surface area (Å²) in [7, 11) is -3.86. The summed E-state index contributed by atoms with van der Waals surface area (Å²) in [5.41, 5.74) is 0.303. The van der Waals surface area contributed by atoms with Crippen LogP contribution in [0.1, 0.15) is 13.3 Å². The molecule has 0 saturated carbocycles. The molecule has 2 fully saturated rings. The van der Waals surface area contributed by atoms with Crippen LogP contribution < -0.4 is 34.7 Å². The van der Waals surface area contributed by atoms with Gasteiger partial charge in [0.15, 0.2) is 9.84 Å². The second-order valence-corrected chi connectivity index (χ2v) is 7.05. The van der Waals surface area contributed by atoms with Crippen LogP contribution in [0.4, 0.5) is 0 Å². The van der Waals surface area contributed by atoms with Crippen LogP contribution in [0, 0.1) is 0 Å². The van der Waals surface area contributed by atoms with Crippen LogP contribution in [0.25, 0.3) is 0 Å². The van der Waals surface area contributed by atoms with Crippen LogP contribution in [0.2, 0.25) is 0 Å². The molecule has 2 aliphatic rings. The van der Waals surface area contributed by atoms with E-state index in [0.717, 1.165) is 4.90 Å². The van der Waals surface area contributed by atoms with Crippen molar-refractivity contribution in [3.63, 3.8) is 0 Å². The van der Waals surface area contributed by atoms with Gasteiger partial charge >= 0.3 is 29.6 Å². The zero-order chi connectivity index (χ0) is 15.4. The maximum atomic E-state index is 12.4. The van der Waals surface area contributed by atoms with Crippen molar-refractivity contribution in [3.8, 4) is 0 Å². The number of aliphatic carboxylic acids is 1. The van der Waals surface area contributed by atoms with Crippen molar-refractivity contribution in [1.82, 2.24) is 19.9 Å². The Morgan fingerprint density at radius 3 is 2.68 bits per heavy atom. The Balaban J connectivity index is 0.00000176. The summed E-state index contributed by atoms with van der Waals surface area (Å²) in [6.07, 6.45) is 2.76. The summed E-state index contributed by atoms with van der Waals surface area (Å²) in [6, 6.07) is -1.55. The van der Waals surface area contributed by atoms with E-state index in [4.69, 9.17) is 0 Å². The van der Waals surface area contributed by atoms with Gasteiger partial charge in [-0.1, -0.05) is 5.21 Å². The number of amides is 1. The van der Waals surface area contributed by atoms with E-state index in [2.05, 4.69) is 10.3 Å². The SMILES string of the molecule is C/C(Cn1ccnn1)=C1/[C@H](C(=O)[O-])N2C(=O)CC2S1(=O)=O.[Na+]. The zero-order valence-electron chi connectivity index (χ0n) is 12.0. The van der Waals surface area contributed by atoms with Crippen molar-refractivity contribution >= 4 is 21.7 Å². The van der Waals surface area contributed by atoms with Crippen molar-refractivity contribution in [3.05, 3.63) is 22.9 Å². The molecule has 1 aromatic heterocycles. The first kappa shape index (κ1) is 17.1. The van der Waals surface area contributed by atoms with E-state index in [-0.39, 0.29) is 47.4 Å². The minimum absolute atomic E-state index is 0. The minimum Gasteiger partial charge on any atom is -0.547 e. The second kappa shape index (κ2) is 5.76. The monoisotopic (exact) mass is 334 g/mol. The van der Waals surface area contributed by atoms with E-state index in [9.17, 15) is 23.1 Å². The fourth-order valence-electron chi connectivity index (χ4n) is 2.73. The van der Waals surface area contributed by atoms with Gasteiger partial charge < -0.3 is 14.8 Å². The van der Waals surface area contributed by atoms with Crippen LogP contribution >= 0.6 is 0 Å². The van der Waals surface area contributed by atoms with Gasteiger partial charge in [0, 0.05) is 6.20 Å². The summed E-state index contributed by atoms with van der Waals surface area (Å²) in [5, 5.41) is 17.5. The molecule has 9 nitrogen and oxygen atoms in total. The summed E-state index contributed by atoms with van der Waals surface area (Å²) >= 11 is 0. The van der Waals surface area contributed by atoms with Gasteiger partial charge in [-0.3, -0.25) is 4.79 Å². The Kier molecular flexibility index (Phi) is 4.49. The molecule has 22 heavy (non-hydrogen) atoms. The molecule has 2 atom stereocenters. The van der Waals surface area contributed by atoms with E-state index in [1.807, 2.05) is 0 Å². The van der Waals surface area contributed by atoms with Gasteiger partial charge in [-0.2, -0.15) is 0 Å². The molecular formula is C11H11N4NaO5S. The number of allylic oxidation sites excluding steroid dienone is 1. The van der Waals surface area contributed by atoms with Gasteiger partial charge in [-0.15, -0.1) is 5.10 Å². The number of fused-ring (bicyclic) bond motifs is 1. The Morgan fingerprint density at radius 2 is 2.18 bits per heavy atom. The molecule has 3 heterocycles. The molecule has 1 unspecified atom stereocenters. The zero-order valence-corrected chi connectivity index (χ0v) is 14.8. The van der Waals surface area contributed by atoms with Gasteiger partial charge in [-0.05, 0) is 12.5 Å². The molecule has 11 heteroatoms. The normalized spacial score (nSPS) is 27.7. The molecule has 112 valence electrons. The Hall–Kier alpha value is -1.23. The number of carbonyl (C=O) groups is 2. The van der Waals surface area contributed by atoms with Crippen LogP contribution in [-0.2, 0) is 26.0 Å². The van der Waals surface area contributed by atoms with E-state index in [1.165, 1.54) is 24.0 Å². The molecule has 1 aromatic rings. The predicted octanol–water partition coefficient (Wildman–Crippen LogP) is -5.34. The van der Waals surface area contributed by atoms with Crippen molar-refractivity contribution in [2.75, 3.05) is 0 Å². The number of hydrogen-bond acceptors (Lipinski definition) is 7. The average molecular weight is 334 g/mol. The number of aromatic nitrogens is 3. The minimum atomic E-state index is -3.86. The Bertz CT molecular complexity index is 757. The fraction of sp³-hybridized carbons (Fsp3) is 0.455. The molecule has 2 aliphatic heterocycles. The van der Waals surface area contributed by atoms with Crippen LogP contribution in [0.15, 0.2) is 22.9 Å². The number of sulfone groups is 1. The molecule has 0 bridgehead atoms. The second-order valence-electron chi connectivity index (χ2n) is 4.97. The van der Waals surface area contributed by atoms with E-state index < -0.39 is 33.1 Å². The molecule has 0 radical (unpaired) electrons. The number of carboxylic acid groups (broad SMARTS) is 1. The van der Waals surface area contributed by atoms with E-state index in [0.29, 0.717) is 5.57 Å². The summed E-state index contributed by atoms with van der Waals surface area (Å²) in [4.78, 5) is 23.4. The summed E-state index contributed by atoms with van der Waals surface area (Å²) < 4.78 is 26.2. The maximum Gasteiger partial charge on any atom is 1.00 e. The molecule has 2 saturated heterocycles. The van der Waals surface area contributed by atoms with Crippen LogP contribution in [0.5, 0.6) is 0 Å². The molecule has 1 amide bonds. The van der Waals surface area contributed by atoms with Gasteiger partial charge in [0.25, 0.3) is 0 Å². The van der Waals surface area contributed by atoms with Gasteiger partial charge in [0.2, 0.25) is 5.91 Å². The fourth-order valence-corrected chi connectivity index (χ4v) is 5.00. The molecule has 0 aliphatic carbocycles. The quantitative estimate of drug-likeness (QED) is 0.399. The number of rotatable bonds is 3. The standard InChI is InChI=1S/C11H12N4O5S.Na/c1-6(5-14-3-2-12-13-14)10-9(11(17)18)15-7(16)4-8(15)21(10,19)20;/h2-3,8-9H,4-5H2,1H3,(H,17,18);/q;+1/p-1/b10-6+;/t8?,9-;/m1./s1. The topological polar surface area (TPSA) is 125 Å². The smallest absolute Gasteiger partial charge is 0.547 e. The third kappa shape index (κ3) is 2.39. The van der Waals surface area contributed by atoms with Crippen LogP contribution in [-0.4, -0.2) is 51.6 Å². The number of carbonyl (C=O) groups excluding carboxylic acids is 2. The summed E-state index contributed by atoms with van der Waals surface area (Å²) in [6.45, 7) is 1.58. The van der Waals surface area contributed by atoms with Gasteiger partial charge in [0.1, 0.15) is 11.4 Å². The average Bonchev–Trinajstić information content (AvgIpc) is 2.92. The first-order valence-corrected chi connectivity index (χ1v) is 7.68.